The van der Waals surface area contributed by atoms with Crippen molar-refractivity contribution in [3.63, 3.8) is 0 Å². The second kappa shape index (κ2) is 2.65. The summed E-state index contributed by atoms with van der Waals surface area (Å²) < 4.78 is 5.17. The van der Waals surface area contributed by atoms with Gasteiger partial charge in [-0.3, -0.25) is 0 Å². The van der Waals surface area contributed by atoms with Crippen LogP contribution in [-0.4, -0.2) is 17.2 Å². The molecule has 1 aromatic carbocycles. The molecule has 1 heterocycles. The van der Waals surface area contributed by atoms with Gasteiger partial charge in [0, 0.05) is 17.7 Å². The van der Waals surface area contributed by atoms with Crippen LogP contribution in [0.4, 0.5) is 5.69 Å². The predicted octanol–water partition coefficient (Wildman–Crippen LogP) is 0.657. The van der Waals surface area contributed by atoms with Crippen LogP contribution in [0.1, 0.15) is 5.56 Å². The molecule has 0 saturated carbocycles. The number of hydrogen-bond donors (Lipinski definition) is 2. The molecule has 0 aliphatic carbocycles. The molecule has 13 heavy (non-hydrogen) atoms. The first-order valence-corrected chi connectivity index (χ1v) is 3.95. The molecule has 0 spiro atoms. The van der Waals surface area contributed by atoms with Gasteiger partial charge in [-0.25, -0.2) is 4.79 Å². The van der Waals surface area contributed by atoms with Crippen molar-refractivity contribution < 1.29 is 14.6 Å². The van der Waals surface area contributed by atoms with Crippen LogP contribution in [-0.2, 0) is 11.2 Å². The van der Waals surface area contributed by atoms with Gasteiger partial charge >= 0.3 is 5.97 Å². The molecule has 2 rings (SSSR count). The Bertz CT molecular complexity index is 362. The number of rotatable bonds is 1. The standard InChI is InChI=1S/C9H9NO3/c10-6-2-1-3-7-5(6)4-8(13-7)9(11)12/h1-3,8H,4,10H2,(H,11,12). The lowest BCUT2D eigenvalue weighted by Gasteiger charge is -2.02. The van der Waals surface area contributed by atoms with E-state index < -0.39 is 12.1 Å². The molecule has 0 aromatic heterocycles. The van der Waals surface area contributed by atoms with Gasteiger partial charge in [-0.05, 0) is 12.1 Å². The minimum Gasteiger partial charge on any atom is -0.478 e. The third-order valence-corrected chi connectivity index (χ3v) is 2.10. The summed E-state index contributed by atoms with van der Waals surface area (Å²) in [6.07, 6.45) is -0.420. The summed E-state index contributed by atoms with van der Waals surface area (Å²) >= 11 is 0. The maximum Gasteiger partial charge on any atom is 0.345 e. The number of nitrogen functional groups attached to an aromatic ring is 1. The number of anilines is 1. The summed E-state index contributed by atoms with van der Waals surface area (Å²) in [5.74, 6) is -0.358. The second-order valence-corrected chi connectivity index (χ2v) is 2.97. The molecular weight excluding hydrogens is 170 g/mol. The van der Waals surface area contributed by atoms with Crippen LogP contribution in [0, 0.1) is 0 Å². The molecule has 3 N–H and O–H groups in total. The monoisotopic (exact) mass is 179 g/mol. The fourth-order valence-corrected chi connectivity index (χ4v) is 1.43. The first kappa shape index (κ1) is 7.91. The molecule has 1 atom stereocenters. The summed E-state index contributed by atoms with van der Waals surface area (Å²) in [7, 11) is 0. The highest BCUT2D eigenvalue weighted by Crippen LogP contribution is 2.32. The molecule has 1 unspecified atom stereocenters. The van der Waals surface area contributed by atoms with Crippen molar-refractivity contribution in [3.05, 3.63) is 23.8 Å². The maximum absolute atomic E-state index is 10.6. The highest BCUT2D eigenvalue weighted by molar-refractivity contribution is 5.76. The van der Waals surface area contributed by atoms with Gasteiger partial charge in [0.05, 0.1) is 0 Å². The van der Waals surface area contributed by atoms with Gasteiger partial charge in [-0.1, -0.05) is 6.07 Å². The Labute approximate surface area is 74.9 Å². The Morgan fingerprint density at radius 2 is 2.38 bits per heavy atom. The highest BCUT2D eigenvalue weighted by atomic mass is 16.5. The average Bonchev–Trinajstić information content (AvgIpc) is 2.49. The normalized spacial score (nSPS) is 19.2. The molecule has 4 nitrogen and oxygen atoms in total. The van der Waals surface area contributed by atoms with E-state index >= 15 is 0 Å². The molecule has 0 amide bonds. The van der Waals surface area contributed by atoms with Crippen LogP contribution in [0.5, 0.6) is 5.75 Å². The van der Waals surface area contributed by atoms with Crippen LogP contribution in [0.15, 0.2) is 18.2 Å². The Morgan fingerprint density at radius 3 is 3.00 bits per heavy atom. The third-order valence-electron chi connectivity index (χ3n) is 2.10. The molecule has 0 fully saturated rings. The minimum atomic E-state index is -0.949. The van der Waals surface area contributed by atoms with E-state index in [0.717, 1.165) is 5.56 Å². The van der Waals surface area contributed by atoms with Crippen molar-refractivity contribution >= 4 is 11.7 Å². The molecule has 1 aliphatic heterocycles. The fraction of sp³-hybridized carbons (Fsp3) is 0.222. The van der Waals surface area contributed by atoms with Gasteiger partial charge in [0.25, 0.3) is 0 Å². The quantitative estimate of drug-likeness (QED) is 0.621. The van der Waals surface area contributed by atoms with E-state index in [2.05, 4.69) is 0 Å². The van der Waals surface area contributed by atoms with Gasteiger partial charge in [-0.15, -0.1) is 0 Å². The molecule has 0 bridgehead atoms. The Hall–Kier alpha value is -1.71. The van der Waals surface area contributed by atoms with E-state index in [1.54, 1.807) is 18.2 Å². The smallest absolute Gasteiger partial charge is 0.345 e. The zero-order valence-corrected chi connectivity index (χ0v) is 6.86. The van der Waals surface area contributed by atoms with Crippen LogP contribution in [0.25, 0.3) is 0 Å². The molecule has 68 valence electrons. The van der Waals surface area contributed by atoms with Gasteiger partial charge in [0.2, 0.25) is 0 Å². The van der Waals surface area contributed by atoms with E-state index in [4.69, 9.17) is 15.6 Å². The maximum atomic E-state index is 10.6. The highest BCUT2D eigenvalue weighted by Gasteiger charge is 2.29. The average molecular weight is 179 g/mol. The van der Waals surface area contributed by atoms with Gasteiger partial charge < -0.3 is 15.6 Å². The molecule has 1 aliphatic rings. The fourth-order valence-electron chi connectivity index (χ4n) is 1.43. The molecule has 0 saturated heterocycles. The summed E-state index contributed by atoms with van der Waals surface area (Å²) in [5, 5.41) is 8.71. The van der Waals surface area contributed by atoms with Gasteiger partial charge in [0.1, 0.15) is 5.75 Å². The number of carboxylic acids is 1. The Morgan fingerprint density at radius 1 is 1.62 bits per heavy atom. The van der Waals surface area contributed by atoms with Crippen molar-refractivity contribution in [2.75, 3.05) is 5.73 Å². The lowest BCUT2D eigenvalue weighted by Crippen LogP contribution is -2.24. The summed E-state index contributed by atoms with van der Waals surface area (Å²) in [5.41, 5.74) is 7.06. The summed E-state index contributed by atoms with van der Waals surface area (Å²) in [6, 6.07) is 5.22. The lowest BCUT2D eigenvalue weighted by molar-refractivity contribution is -0.144. The predicted molar refractivity (Wildman–Crippen MR) is 46.6 cm³/mol. The number of nitrogens with two attached hydrogens (primary N) is 1. The first-order valence-electron chi connectivity index (χ1n) is 3.95. The van der Waals surface area contributed by atoms with Crippen molar-refractivity contribution in [1.29, 1.82) is 0 Å². The van der Waals surface area contributed by atoms with E-state index in [-0.39, 0.29) is 0 Å². The zero-order valence-electron chi connectivity index (χ0n) is 6.86. The second-order valence-electron chi connectivity index (χ2n) is 2.97. The SMILES string of the molecule is Nc1cccc2c1CC(C(=O)O)O2. The number of benzene rings is 1. The molecule has 0 radical (unpaired) electrons. The lowest BCUT2D eigenvalue weighted by atomic mass is 10.1. The largest absolute Gasteiger partial charge is 0.478 e. The van der Waals surface area contributed by atoms with Crippen molar-refractivity contribution in [2.45, 2.75) is 12.5 Å². The number of hydrogen-bond acceptors (Lipinski definition) is 3. The third kappa shape index (κ3) is 1.20. The molecule has 4 heteroatoms. The molecule has 1 aromatic rings. The minimum absolute atomic E-state index is 0.358. The van der Waals surface area contributed by atoms with Crippen molar-refractivity contribution in [2.24, 2.45) is 0 Å². The first-order chi connectivity index (χ1) is 6.18. The van der Waals surface area contributed by atoms with E-state index in [1.807, 2.05) is 0 Å². The van der Waals surface area contributed by atoms with E-state index in [1.165, 1.54) is 0 Å². The van der Waals surface area contributed by atoms with Crippen LogP contribution >= 0.6 is 0 Å². The number of carbonyl (C=O) groups is 1. The van der Waals surface area contributed by atoms with Crippen LogP contribution in [0.2, 0.25) is 0 Å². The Kier molecular flexibility index (Phi) is 1.62. The number of ether oxygens (including phenoxy) is 1. The Balaban J connectivity index is 2.35. The van der Waals surface area contributed by atoms with E-state index in [9.17, 15) is 4.79 Å². The van der Waals surface area contributed by atoms with Crippen LogP contribution < -0.4 is 10.5 Å². The number of fused-ring (bicyclic) bond motifs is 1. The number of carboxylic acid groups (broad SMARTS) is 1. The topological polar surface area (TPSA) is 72.6 Å². The molecular formula is C9H9NO3. The van der Waals surface area contributed by atoms with Crippen molar-refractivity contribution in [3.8, 4) is 5.75 Å². The zero-order chi connectivity index (χ0) is 9.42. The van der Waals surface area contributed by atoms with Gasteiger partial charge in [0.15, 0.2) is 6.10 Å². The van der Waals surface area contributed by atoms with Crippen LogP contribution in [0.3, 0.4) is 0 Å². The number of aliphatic carboxylic acids is 1. The van der Waals surface area contributed by atoms with Gasteiger partial charge in [-0.2, -0.15) is 0 Å². The summed E-state index contributed by atoms with van der Waals surface area (Å²) in [4.78, 5) is 10.6. The summed E-state index contributed by atoms with van der Waals surface area (Å²) in [6.45, 7) is 0. The van der Waals surface area contributed by atoms with Crippen molar-refractivity contribution in [1.82, 2.24) is 0 Å². The van der Waals surface area contributed by atoms with E-state index in [0.29, 0.717) is 17.9 Å².